The van der Waals surface area contributed by atoms with E-state index in [0.717, 1.165) is 11.1 Å². The normalized spacial score (nSPS) is 24.8. The van der Waals surface area contributed by atoms with Gasteiger partial charge in [0.15, 0.2) is 0 Å². The molecule has 1 fully saturated rings. The number of anilines is 1. The second-order valence-electron chi connectivity index (χ2n) is 7.26. The molecule has 2 aromatic carbocycles. The van der Waals surface area contributed by atoms with Crippen molar-refractivity contribution in [3.05, 3.63) is 59.2 Å². The van der Waals surface area contributed by atoms with E-state index in [0.29, 0.717) is 22.7 Å². The highest BCUT2D eigenvalue weighted by molar-refractivity contribution is 7.93. The number of hydrogen-bond donors (Lipinski definition) is 1. The molecule has 0 aliphatic carbocycles. The quantitative estimate of drug-likeness (QED) is 0.884. The summed E-state index contributed by atoms with van der Waals surface area (Å²) in [5, 5.41) is 2.86. The van der Waals surface area contributed by atoms with Gasteiger partial charge in [-0.1, -0.05) is 37.3 Å². The summed E-state index contributed by atoms with van der Waals surface area (Å²) in [5.74, 6) is -0.466. The fraction of sp³-hybridized carbons (Fsp3) is 0.350. The molecule has 1 amide bonds. The Morgan fingerprint density at radius 1 is 1.12 bits per heavy atom. The van der Waals surface area contributed by atoms with Gasteiger partial charge in [-0.3, -0.25) is 9.10 Å². The maximum Gasteiger partial charge on any atom is 0.264 e. The summed E-state index contributed by atoms with van der Waals surface area (Å²) >= 11 is 0. The minimum Gasteiger partial charge on any atom is -0.354 e. The van der Waals surface area contributed by atoms with Crippen LogP contribution in [0.25, 0.3) is 0 Å². The van der Waals surface area contributed by atoms with Gasteiger partial charge in [-0.25, -0.2) is 8.42 Å². The molecule has 1 saturated heterocycles. The maximum atomic E-state index is 13.7. The van der Waals surface area contributed by atoms with Gasteiger partial charge in [0.05, 0.1) is 22.5 Å². The minimum atomic E-state index is -3.79. The third-order valence-electron chi connectivity index (χ3n) is 5.59. The summed E-state index contributed by atoms with van der Waals surface area (Å²) in [6.07, 6.45) is 0. The largest absolute Gasteiger partial charge is 0.354 e. The minimum absolute atomic E-state index is 0.0243. The molecule has 2 heterocycles. The van der Waals surface area contributed by atoms with E-state index in [2.05, 4.69) is 5.32 Å². The number of benzene rings is 2. The fourth-order valence-electron chi connectivity index (χ4n) is 4.26. The highest BCUT2D eigenvalue weighted by Gasteiger charge is 2.50. The molecule has 2 aliphatic heterocycles. The molecular formula is C20H22N2O3S. The van der Waals surface area contributed by atoms with Gasteiger partial charge in [0.25, 0.3) is 10.0 Å². The van der Waals surface area contributed by atoms with Crippen LogP contribution in [0.3, 0.4) is 0 Å². The molecule has 6 heteroatoms. The summed E-state index contributed by atoms with van der Waals surface area (Å²) in [4.78, 5) is 12.7. The maximum absolute atomic E-state index is 13.7. The van der Waals surface area contributed by atoms with E-state index in [1.54, 1.807) is 13.0 Å². The zero-order valence-electron chi connectivity index (χ0n) is 15.1. The van der Waals surface area contributed by atoms with Gasteiger partial charge in [-0.2, -0.15) is 0 Å². The number of hydrogen-bond acceptors (Lipinski definition) is 3. The Morgan fingerprint density at radius 2 is 1.85 bits per heavy atom. The van der Waals surface area contributed by atoms with Crippen LogP contribution in [0, 0.1) is 19.8 Å². The van der Waals surface area contributed by atoms with Crippen molar-refractivity contribution in [2.24, 2.45) is 5.92 Å². The SMILES string of the molecule is Cc1ccc(C)c(S(=O)(=O)N2c3ccccc3C(C)C3C(=O)NCC32)c1. The van der Waals surface area contributed by atoms with Crippen LogP contribution in [0.1, 0.15) is 29.5 Å². The molecular weight excluding hydrogens is 348 g/mol. The van der Waals surface area contributed by atoms with E-state index >= 15 is 0 Å². The molecule has 26 heavy (non-hydrogen) atoms. The highest BCUT2D eigenvalue weighted by atomic mass is 32.2. The second kappa shape index (κ2) is 5.84. The second-order valence-corrected chi connectivity index (χ2v) is 9.04. The fourth-order valence-corrected chi connectivity index (χ4v) is 6.27. The van der Waals surface area contributed by atoms with Crippen molar-refractivity contribution in [1.82, 2.24) is 5.32 Å². The summed E-state index contributed by atoms with van der Waals surface area (Å²) in [5.41, 5.74) is 3.18. The number of rotatable bonds is 2. The molecule has 0 bridgehead atoms. The predicted octanol–water partition coefficient (Wildman–Crippen LogP) is 2.73. The van der Waals surface area contributed by atoms with Crippen LogP contribution in [0.4, 0.5) is 5.69 Å². The van der Waals surface area contributed by atoms with E-state index in [1.165, 1.54) is 4.31 Å². The number of carbonyl (C=O) groups excluding carboxylic acids is 1. The van der Waals surface area contributed by atoms with Crippen molar-refractivity contribution >= 4 is 21.6 Å². The summed E-state index contributed by atoms with van der Waals surface area (Å²) in [7, 11) is -3.79. The molecule has 3 atom stereocenters. The van der Waals surface area contributed by atoms with Crippen LogP contribution in [0.15, 0.2) is 47.4 Å². The highest BCUT2D eigenvalue weighted by Crippen LogP contribution is 2.46. The molecule has 4 rings (SSSR count). The summed E-state index contributed by atoms with van der Waals surface area (Å²) in [6.45, 7) is 6.03. The van der Waals surface area contributed by atoms with Crippen molar-refractivity contribution in [3.8, 4) is 0 Å². The Kier molecular flexibility index (Phi) is 3.84. The third-order valence-corrected chi connectivity index (χ3v) is 7.57. The topological polar surface area (TPSA) is 66.5 Å². The molecule has 136 valence electrons. The first kappa shape index (κ1) is 17.1. The lowest BCUT2D eigenvalue weighted by Gasteiger charge is -2.41. The van der Waals surface area contributed by atoms with Crippen molar-refractivity contribution in [2.75, 3.05) is 10.8 Å². The van der Waals surface area contributed by atoms with Crippen LogP contribution >= 0.6 is 0 Å². The monoisotopic (exact) mass is 370 g/mol. The lowest BCUT2D eigenvalue weighted by molar-refractivity contribution is -0.123. The van der Waals surface area contributed by atoms with E-state index in [-0.39, 0.29) is 17.7 Å². The van der Waals surface area contributed by atoms with Gasteiger partial charge in [-0.05, 0) is 48.6 Å². The van der Waals surface area contributed by atoms with Crippen molar-refractivity contribution in [3.63, 3.8) is 0 Å². The van der Waals surface area contributed by atoms with E-state index in [1.807, 2.05) is 50.2 Å². The van der Waals surface area contributed by atoms with Gasteiger partial charge in [-0.15, -0.1) is 0 Å². The summed E-state index contributed by atoms with van der Waals surface area (Å²) < 4.78 is 28.8. The lowest BCUT2D eigenvalue weighted by atomic mass is 9.80. The predicted molar refractivity (Wildman–Crippen MR) is 101 cm³/mol. The molecule has 1 N–H and O–H groups in total. The van der Waals surface area contributed by atoms with Crippen LogP contribution in [0.2, 0.25) is 0 Å². The first-order valence-corrected chi connectivity index (χ1v) is 10.2. The van der Waals surface area contributed by atoms with Crippen LogP contribution in [0.5, 0.6) is 0 Å². The Hall–Kier alpha value is -2.34. The average Bonchev–Trinajstić information content (AvgIpc) is 2.99. The van der Waals surface area contributed by atoms with E-state index in [9.17, 15) is 13.2 Å². The van der Waals surface area contributed by atoms with Gasteiger partial charge in [0.1, 0.15) is 0 Å². The Labute approximate surface area is 154 Å². The number of para-hydroxylation sites is 1. The first-order chi connectivity index (χ1) is 12.3. The number of amides is 1. The van der Waals surface area contributed by atoms with Gasteiger partial charge < -0.3 is 5.32 Å². The molecule has 3 unspecified atom stereocenters. The Morgan fingerprint density at radius 3 is 2.62 bits per heavy atom. The standard InChI is InChI=1S/C20H22N2O3S/c1-12-8-9-13(2)18(10-12)26(24,25)22-16-7-5-4-6-15(16)14(3)19-17(22)11-21-20(19)23/h4-10,14,17,19H,11H2,1-3H3,(H,21,23). The number of carbonyl (C=O) groups is 1. The Bertz CT molecular complexity index is 1000. The molecule has 2 aromatic rings. The van der Waals surface area contributed by atoms with Gasteiger partial charge >= 0.3 is 0 Å². The molecule has 0 saturated carbocycles. The molecule has 0 radical (unpaired) electrons. The third kappa shape index (κ3) is 2.35. The number of aryl methyl sites for hydroxylation is 2. The van der Waals surface area contributed by atoms with Crippen molar-refractivity contribution < 1.29 is 13.2 Å². The Balaban J connectivity index is 1.95. The molecule has 2 aliphatic rings. The smallest absolute Gasteiger partial charge is 0.264 e. The number of nitrogens with one attached hydrogen (secondary N) is 1. The average molecular weight is 370 g/mol. The van der Waals surface area contributed by atoms with E-state index < -0.39 is 16.1 Å². The van der Waals surface area contributed by atoms with Gasteiger partial charge in [0.2, 0.25) is 5.91 Å². The van der Waals surface area contributed by atoms with Gasteiger partial charge in [0, 0.05) is 6.54 Å². The first-order valence-electron chi connectivity index (χ1n) is 8.80. The van der Waals surface area contributed by atoms with E-state index in [4.69, 9.17) is 0 Å². The molecule has 0 spiro atoms. The zero-order valence-corrected chi connectivity index (χ0v) is 15.9. The van der Waals surface area contributed by atoms with Crippen molar-refractivity contribution in [1.29, 1.82) is 0 Å². The molecule has 5 nitrogen and oxygen atoms in total. The molecule has 0 aromatic heterocycles. The van der Waals surface area contributed by atoms with Crippen LogP contribution < -0.4 is 9.62 Å². The lowest BCUT2D eigenvalue weighted by Crippen LogP contribution is -2.50. The van der Waals surface area contributed by atoms with Crippen LogP contribution in [-0.2, 0) is 14.8 Å². The zero-order chi connectivity index (χ0) is 18.6. The van der Waals surface area contributed by atoms with Crippen molar-refractivity contribution in [2.45, 2.75) is 37.6 Å². The van der Waals surface area contributed by atoms with Crippen LogP contribution in [-0.4, -0.2) is 26.9 Å². The number of nitrogens with zero attached hydrogens (tertiary/aromatic N) is 1. The number of sulfonamides is 1. The number of fused-ring (bicyclic) bond motifs is 2. The summed E-state index contributed by atoms with van der Waals surface area (Å²) in [6, 6.07) is 12.6.